The molecule has 0 heterocycles. The standard InChI is InChI=1S/CH3NO.Ca.K.3H/c2-1-3;;;;;/h1H,(H2,2,3);;;;;. The molecule has 0 unspecified atom stereocenters. The van der Waals surface area contributed by atoms with E-state index in [2.05, 4.69) is 5.73 Å². The molecule has 0 aromatic rings. The third kappa shape index (κ3) is 21.7. The Morgan fingerprint density at radius 2 is 1.60 bits per heavy atom. The van der Waals surface area contributed by atoms with Crippen LogP contribution in [0.15, 0.2) is 0 Å². The summed E-state index contributed by atoms with van der Waals surface area (Å²) in [5.41, 5.74) is 4.17. The van der Waals surface area contributed by atoms with Gasteiger partial charge in [0.05, 0.1) is 0 Å². The van der Waals surface area contributed by atoms with Gasteiger partial charge in [-0.05, 0) is 0 Å². The second-order valence-corrected chi connectivity index (χ2v) is 0.136. The first-order chi connectivity index (χ1) is 1.41. The summed E-state index contributed by atoms with van der Waals surface area (Å²) in [6, 6.07) is 0. The van der Waals surface area contributed by atoms with Gasteiger partial charge in [-0.2, -0.15) is 0 Å². The summed E-state index contributed by atoms with van der Waals surface area (Å²) in [6.07, 6.45) is 0.250. The van der Waals surface area contributed by atoms with Crippen molar-refractivity contribution < 1.29 is 4.79 Å². The van der Waals surface area contributed by atoms with E-state index < -0.39 is 0 Å². The maximum atomic E-state index is 8.58. The second-order valence-electron chi connectivity index (χ2n) is 0.136. The maximum absolute atomic E-state index is 8.58. The topological polar surface area (TPSA) is 43.1 Å². The fraction of sp³-hybridized carbons (Fsp3) is 0. The zero-order chi connectivity index (χ0) is 2.71. The van der Waals surface area contributed by atoms with Crippen molar-refractivity contribution in [3.8, 4) is 0 Å². The summed E-state index contributed by atoms with van der Waals surface area (Å²) in [7, 11) is 0. The molecule has 0 saturated heterocycles. The molecule has 0 aliphatic heterocycles. The van der Waals surface area contributed by atoms with E-state index in [1.54, 1.807) is 0 Å². The molecule has 0 aliphatic carbocycles. The van der Waals surface area contributed by atoms with Crippen LogP contribution in [0.4, 0.5) is 0 Å². The molecule has 0 aromatic heterocycles. The van der Waals surface area contributed by atoms with Gasteiger partial charge in [-0.15, -0.1) is 0 Å². The molecule has 0 radical (unpaired) electrons. The van der Waals surface area contributed by atoms with Crippen LogP contribution in [0.3, 0.4) is 0 Å². The molecule has 0 bridgehead atoms. The van der Waals surface area contributed by atoms with Gasteiger partial charge in [0.25, 0.3) is 0 Å². The Morgan fingerprint density at radius 3 is 1.60 bits per heavy atom. The number of amides is 1. The molecule has 0 atom stereocenters. The predicted octanol–water partition coefficient (Wildman–Crippen LogP) is -2.46. The third-order valence-corrected chi connectivity index (χ3v) is 0. The van der Waals surface area contributed by atoms with E-state index in [4.69, 9.17) is 4.79 Å². The van der Waals surface area contributed by atoms with Crippen molar-refractivity contribution in [2.24, 2.45) is 5.73 Å². The van der Waals surface area contributed by atoms with E-state index >= 15 is 0 Å². The van der Waals surface area contributed by atoms with Crippen LogP contribution in [-0.2, 0) is 4.79 Å². The number of carbonyl (C=O) groups excluding carboxylic acids is 1. The number of hydrogen-bond donors (Lipinski definition) is 1. The SMILES string of the molecule is NC=O.[CaH2].[KH]. The Hall–Kier alpha value is 2.37. The van der Waals surface area contributed by atoms with Gasteiger partial charge < -0.3 is 5.73 Å². The molecule has 4 heteroatoms. The monoisotopic (exact) mass is 127 g/mol. The van der Waals surface area contributed by atoms with Gasteiger partial charge >= 0.3 is 89.1 Å². The van der Waals surface area contributed by atoms with E-state index in [9.17, 15) is 0 Å². The number of nitrogens with two attached hydrogens (primary N) is 1. The first kappa shape index (κ1) is 15.7. The summed E-state index contributed by atoms with van der Waals surface area (Å²) in [5, 5.41) is 0. The summed E-state index contributed by atoms with van der Waals surface area (Å²) >= 11 is 0. The summed E-state index contributed by atoms with van der Waals surface area (Å²) in [4.78, 5) is 8.58. The van der Waals surface area contributed by atoms with E-state index in [0.29, 0.717) is 0 Å². The van der Waals surface area contributed by atoms with Gasteiger partial charge in [0, 0.05) is 0 Å². The Balaban J connectivity index is -0.0000000200. The van der Waals surface area contributed by atoms with Crippen molar-refractivity contribution >= 4 is 95.5 Å². The summed E-state index contributed by atoms with van der Waals surface area (Å²) in [5.74, 6) is 0. The van der Waals surface area contributed by atoms with Gasteiger partial charge in [0.2, 0.25) is 6.41 Å². The number of hydrogen-bond acceptors (Lipinski definition) is 1. The van der Waals surface area contributed by atoms with Crippen molar-refractivity contribution in [3.63, 3.8) is 0 Å². The average Bonchev–Trinajstić information content (AvgIpc) is 0.918. The van der Waals surface area contributed by atoms with Gasteiger partial charge in [0.15, 0.2) is 0 Å². The fourth-order valence-corrected chi connectivity index (χ4v) is 0. The van der Waals surface area contributed by atoms with E-state index in [-0.39, 0.29) is 95.5 Å². The van der Waals surface area contributed by atoms with Gasteiger partial charge in [-0.3, -0.25) is 4.79 Å². The molecule has 0 rings (SSSR count). The Kier molecular flexibility index (Phi) is 50.7. The molecule has 1 amide bonds. The first-order valence-electron chi connectivity index (χ1n) is 0.569. The number of rotatable bonds is 0. The molecule has 0 aliphatic rings. The fourth-order valence-electron chi connectivity index (χ4n) is 0. The molecular weight excluding hydrogens is 121 g/mol. The van der Waals surface area contributed by atoms with Crippen LogP contribution < -0.4 is 5.73 Å². The van der Waals surface area contributed by atoms with E-state index in [1.807, 2.05) is 0 Å². The zero-order valence-corrected chi connectivity index (χ0v) is 1.56. The molecule has 24 valence electrons. The van der Waals surface area contributed by atoms with Crippen molar-refractivity contribution in [2.75, 3.05) is 0 Å². The normalized spacial score (nSPS) is 2.40. The minimum atomic E-state index is 0. The van der Waals surface area contributed by atoms with Crippen molar-refractivity contribution in [1.82, 2.24) is 0 Å². The molecular formula is CH6CaKNO. The number of carbonyl (C=O) groups is 1. The predicted molar refractivity (Wildman–Crippen MR) is 25.9 cm³/mol. The van der Waals surface area contributed by atoms with Crippen LogP contribution in [-0.4, -0.2) is 95.5 Å². The van der Waals surface area contributed by atoms with Gasteiger partial charge in [-0.1, -0.05) is 0 Å². The number of primary amides is 1. The van der Waals surface area contributed by atoms with Gasteiger partial charge in [0.1, 0.15) is 0 Å². The Bertz CT molecular complexity index is 19.1. The summed E-state index contributed by atoms with van der Waals surface area (Å²) in [6.45, 7) is 0. The molecule has 0 spiro atoms. The van der Waals surface area contributed by atoms with E-state index in [1.165, 1.54) is 0 Å². The quantitative estimate of drug-likeness (QED) is 0.284. The minimum absolute atomic E-state index is 0. The van der Waals surface area contributed by atoms with Crippen LogP contribution in [0.1, 0.15) is 0 Å². The van der Waals surface area contributed by atoms with Crippen molar-refractivity contribution in [2.45, 2.75) is 0 Å². The molecule has 0 saturated carbocycles. The molecule has 2 N–H and O–H groups in total. The van der Waals surface area contributed by atoms with Crippen LogP contribution in [0.2, 0.25) is 0 Å². The van der Waals surface area contributed by atoms with E-state index in [0.717, 1.165) is 0 Å². The van der Waals surface area contributed by atoms with Gasteiger partial charge in [-0.25, -0.2) is 0 Å². The van der Waals surface area contributed by atoms with Crippen molar-refractivity contribution in [3.05, 3.63) is 0 Å². The zero-order valence-electron chi connectivity index (χ0n) is 1.56. The molecule has 2 nitrogen and oxygen atoms in total. The molecule has 5 heavy (non-hydrogen) atoms. The Labute approximate surface area is 103 Å². The third-order valence-electron chi connectivity index (χ3n) is 0. The Morgan fingerprint density at radius 1 is 1.60 bits per heavy atom. The molecule has 0 fully saturated rings. The van der Waals surface area contributed by atoms with Crippen LogP contribution >= 0.6 is 0 Å². The van der Waals surface area contributed by atoms with Crippen molar-refractivity contribution in [1.29, 1.82) is 0 Å². The first-order valence-corrected chi connectivity index (χ1v) is 0.569. The van der Waals surface area contributed by atoms with Crippen LogP contribution in [0.5, 0.6) is 0 Å². The molecule has 0 aromatic carbocycles. The van der Waals surface area contributed by atoms with Crippen LogP contribution in [0.25, 0.3) is 0 Å². The second kappa shape index (κ2) is 16.2. The average molecular weight is 127 g/mol. The summed E-state index contributed by atoms with van der Waals surface area (Å²) < 4.78 is 0. The van der Waals surface area contributed by atoms with Crippen LogP contribution in [0, 0.1) is 0 Å².